The maximum Gasteiger partial charge on any atom is 0.219 e. The number of rotatable bonds is 4. The largest absolute Gasteiger partial charge is 0.402 e. The maximum atomic E-state index is 11.9. The molecule has 2 aromatic rings. The van der Waals surface area contributed by atoms with E-state index in [0.717, 1.165) is 53.5 Å². The Kier molecular flexibility index (Phi) is 8.89. The van der Waals surface area contributed by atoms with Crippen LogP contribution in [0.25, 0.3) is 11.1 Å². The molecule has 3 aliphatic heterocycles. The number of anilines is 1. The molecule has 0 aliphatic carbocycles. The average Bonchev–Trinajstić information content (AvgIpc) is 3.53. The van der Waals surface area contributed by atoms with E-state index in [2.05, 4.69) is 30.2 Å². The molecule has 38 heavy (non-hydrogen) atoms. The molecular weight excluding hydrogens is 480 g/mol. The number of ether oxygens (including phenoxy) is 2. The molecule has 1 unspecified atom stereocenters. The normalized spacial score (nSPS) is 21.3. The summed E-state index contributed by atoms with van der Waals surface area (Å²) in [6.07, 6.45) is 6.53. The summed E-state index contributed by atoms with van der Waals surface area (Å²) in [6.45, 7) is 11.4. The van der Waals surface area contributed by atoms with Gasteiger partial charge in [0.2, 0.25) is 5.91 Å². The number of aryl methyl sites for hydroxylation is 1. The number of nitrogens with zero attached hydrogens (tertiary/aromatic N) is 4. The fourth-order valence-corrected chi connectivity index (χ4v) is 5.15. The lowest BCUT2D eigenvalue weighted by Crippen LogP contribution is -2.48. The Labute approximate surface area is 226 Å². The van der Waals surface area contributed by atoms with Gasteiger partial charge in [-0.05, 0) is 49.4 Å². The lowest BCUT2D eigenvalue weighted by Gasteiger charge is -2.39. The number of carbonyl (C=O) groups excluding carboxylic acids is 1. The van der Waals surface area contributed by atoms with Gasteiger partial charge in [0.05, 0.1) is 31.5 Å². The van der Waals surface area contributed by atoms with Crippen LogP contribution < -0.4 is 10.6 Å². The van der Waals surface area contributed by atoms with Crippen LogP contribution in [0.3, 0.4) is 0 Å². The third-order valence-electron chi connectivity index (χ3n) is 7.25. The molecule has 0 spiro atoms. The highest BCUT2D eigenvalue weighted by atomic mass is 16.5. The zero-order valence-corrected chi connectivity index (χ0v) is 23.4. The van der Waals surface area contributed by atoms with Crippen molar-refractivity contribution in [3.05, 3.63) is 47.4 Å². The van der Waals surface area contributed by atoms with Crippen LogP contribution in [0.2, 0.25) is 0 Å². The Morgan fingerprint density at radius 3 is 2.66 bits per heavy atom. The van der Waals surface area contributed by atoms with Gasteiger partial charge in [-0.15, -0.1) is 0 Å². The molecule has 3 N–H and O–H groups in total. The van der Waals surface area contributed by atoms with Crippen molar-refractivity contribution in [2.24, 2.45) is 18.7 Å². The molecule has 206 valence electrons. The molecule has 0 radical (unpaired) electrons. The predicted octanol–water partition coefficient (Wildman–Crippen LogP) is 3.73. The molecule has 2 atom stereocenters. The van der Waals surface area contributed by atoms with Crippen molar-refractivity contribution in [1.82, 2.24) is 14.7 Å². The average molecular weight is 523 g/mol. The van der Waals surface area contributed by atoms with Gasteiger partial charge in [0.15, 0.2) is 0 Å². The van der Waals surface area contributed by atoms with E-state index >= 15 is 0 Å². The van der Waals surface area contributed by atoms with E-state index in [9.17, 15) is 4.79 Å². The number of nitrogens with two attached hydrogens (primary N) is 1. The minimum absolute atomic E-state index is 0.00368. The second-order valence-corrected chi connectivity index (χ2v) is 10.9. The molecule has 1 aromatic carbocycles. The molecule has 0 bridgehead atoms. The van der Waals surface area contributed by atoms with Crippen molar-refractivity contribution in [3.63, 3.8) is 0 Å². The fraction of sp³-hybridized carbons (Fsp3) is 0.552. The van der Waals surface area contributed by atoms with Crippen molar-refractivity contribution >= 4 is 17.4 Å². The molecule has 1 aromatic heterocycles. The van der Waals surface area contributed by atoms with Gasteiger partial charge in [0.1, 0.15) is 5.84 Å². The van der Waals surface area contributed by atoms with Gasteiger partial charge in [0.25, 0.3) is 0 Å². The van der Waals surface area contributed by atoms with Crippen LogP contribution in [0.4, 0.5) is 5.69 Å². The van der Waals surface area contributed by atoms with Gasteiger partial charge >= 0.3 is 0 Å². The molecule has 1 saturated heterocycles. The Balaban J connectivity index is 0.000000494. The highest BCUT2D eigenvalue weighted by molar-refractivity contribution is 6.09. The molecule has 9 heteroatoms. The van der Waals surface area contributed by atoms with Crippen molar-refractivity contribution in [3.8, 4) is 11.1 Å². The Morgan fingerprint density at radius 1 is 1.29 bits per heavy atom. The standard InChI is InChI=1S/C24H32N6O2.C5H10O/c1-15(2)32-20-10-18-9-17(19-11-27-28(4)12-19)5-6-23(18)30(13-20)24(26)21-14-29(16(3)31)8-7-22(21)25;1-5-2-3-6-4-5/h5-6,9,11-12,15,20,26H,7-8,10,13-14,25H2,1-4H3;5H,2-4H2,1H3/t;5-/m.0/s1. The molecule has 4 heterocycles. The SMILES string of the molecule is CC(=O)N1CCC(N)=C(C(=N)N2CC(OC(C)C)Cc3cc(-c4cnn(C)c4)ccc32)C1.C[C@H]1CCOC1. The number of benzene rings is 1. The Morgan fingerprint density at radius 2 is 2.08 bits per heavy atom. The summed E-state index contributed by atoms with van der Waals surface area (Å²) < 4.78 is 13.0. The third-order valence-corrected chi connectivity index (χ3v) is 7.25. The second-order valence-electron chi connectivity index (χ2n) is 10.9. The van der Waals surface area contributed by atoms with Gasteiger partial charge in [-0.1, -0.05) is 13.0 Å². The summed E-state index contributed by atoms with van der Waals surface area (Å²) in [4.78, 5) is 15.7. The van der Waals surface area contributed by atoms with Crippen molar-refractivity contribution in [1.29, 1.82) is 5.41 Å². The van der Waals surface area contributed by atoms with E-state index in [1.54, 1.807) is 16.5 Å². The Hall–Kier alpha value is -3.17. The van der Waals surface area contributed by atoms with E-state index in [1.165, 1.54) is 6.42 Å². The number of hydrogen-bond donors (Lipinski definition) is 2. The summed E-state index contributed by atoms with van der Waals surface area (Å²) in [5.74, 6) is 1.18. The number of amidine groups is 1. The van der Waals surface area contributed by atoms with E-state index in [4.69, 9.17) is 20.6 Å². The van der Waals surface area contributed by atoms with Crippen LogP contribution in [0.5, 0.6) is 0 Å². The third kappa shape index (κ3) is 6.63. The van der Waals surface area contributed by atoms with E-state index in [0.29, 0.717) is 37.6 Å². The molecule has 1 amide bonds. The zero-order chi connectivity index (χ0) is 27.4. The molecule has 1 fully saturated rings. The molecule has 0 saturated carbocycles. The van der Waals surface area contributed by atoms with Gasteiger partial charge < -0.3 is 25.0 Å². The number of aromatic nitrogens is 2. The second kappa shape index (κ2) is 12.1. The van der Waals surface area contributed by atoms with Crippen molar-refractivity contribution in [2.75, 3.05) is 37.7 Å². The number of nitrogens with one attached hydrogen (secondary N) is 1. The smallest absolute Gasteiger partial charge is 0.219 e. The van der Waals surface area contributed by atoms with Gasteiger partial charge in [-0.2, -0.15) is 5.10 Å². The monoisotopic (exact) mass is 522 g/mol. The van der Waals surface area contributed by atoms with Crippen LogP contribution in [0.1, 0.15) is 46.1 Å². The van der Waals surface area contributed by atoms with E-state index in [1.807, 2.05) is 38.2 Å². The van der Waals surface area contributed by atoms with Crippen molar-refractivity contribution < 1.29 is 14.3 Å². The number of hydrogen-bond acceptors (Lipinski definition) is 6. The van der Waals surface area contributed by atoms with E-state index < -0.39 is 0 Å². The van der Waals surface area contributed by atoms with Crippen LogP contribution in [0, 0.1) is 11.3 Å². The molecule has 9 nitrogen and oxygen atoms in total. The lowest BCUT2D eigenvalue weighted by atomic mass is 9.94. The van der Waals surface area contributed by atoms with Crippen molar-refractivity contribution in [2.45, 2.75) is 59.2 Å². The first kappa shape index (κ1) is 27.9. The van der Waals surface area contributed by atoms with Gasteiger partial charge in [-0.25, -0.2) is 0 Å². The summed E-state index contributed by atoms with van der Waals surface area (Å²) in [6, 6.07) is 6.31. The summed E-state index contributed by atoms with van der Waals surface area (Å²) in [7, 11) is 1.91. The van der Waals surface area contributed by atoms with Gasteiger partial charge in [-0.3, -0.25) is 14.9 Å². The highest BCUT2D eigenvalue weighted by Crippen LogP contribution is 2.34. The van der Waals surface area contributed by atoms with E-state index in [-0.39, 0.29) is 18.1 Å². The first-order valence-electron chi connectivity index (χ1n) is 13.6. The molecule has 5 rings (SSSR count). The first-order chi connectivity index (χ1) is 18.1. The number of carbonyl (C=O) groups is 1. The summed E-state index contributed by atoms with van der Waals surface area (Å²) in [5, 5.41) is 13.3. The van der Waals surface area contributed by atoms with Crippen LogP contribution in [-0.2, 0) is 27.7 Å². The maximum absolute atomic E-state index is 11.9. The molecule has 3 aliphatic rings. The fourth-order valence-electron chi connectivity index (χ4n) is 5.15. The minimum Gasteiger partial charge on any atom is -0.402 e. The summed E-state index contributed by atoms with van der Waals surface area (Å²) >= 11 is 0. The quantitative estimate of drug-likeness (QED) is 0.468. The number of amides is 1. The topological polar surface area (TPSA) is 110 Å². The Bertz CT molecular complexity index is 1180. The minimum atomic E-state index is -0.0404. The number of fused-ring (bicyclic) bond motifs is 1. The molecular formula is C29H42N6O3. The zero-order valence-electron chi connectivity index (χ0n) is 23.4. The lowest BCUT2D eigenvalue weighted by molar-refractivity contribution is -0.128. The first-order valence-corrected chi connectivity index (χ1v) is 13.6. The van der Waals surface area contributed by atoms with Crippen LogP contribution >= 0.6 is 0 Å². The van der Waals surface area contributed by atoms with Crippen LogP contribution in [-0.4, -0.2) is 71.5 Å². The van der Waals surface area contributed by atoms with Crippen LogP contribution in [0.15, 0.2) is 41.9 Å². The van der Waals surface area contributed by atoms with Gasteiger partial charge in [0, 0.05) is 75.3 Å². The predicted molar refractivity (Wildman–Crippen MR) is 150 cm³/mol. The highest BCUT2D eigenvalue weighted by Gasteiger charge is 2.32. The summed E-state index contributed by atoms with van der Waals surface area (Å²) in [5.41, 5.74) is 12.0.